The van der Waals surface area contributed by atoms with E-state index in [2.05, 4.69) is 11.8 Å². The van der Waals surface area contributed by atoms with E-state index in [1.807, 2.05) is 38.4 Å². The number of alkyl halides is 3. The van der Waals surface area contributed by atoms with Crippen LogP contribution in [0, 0.1) is 11.3 Å². The number of amides is 1. The maximum atomic E-state index is 13.5. The molecule has 1 aliphatic heterocycles. The average molecular weight is 519 g/mol. The molecule has 36 heavy (non-hydrogen) atoms. The highest BCUT2D eigenvalue weighted by Gasteiger charge is 2.49. The smallest absolute Gasteiger partial charge is 0.417 e. The monoisotopic (exact) mass is 518 g/mol. The quantitative estimate of drug-likeness (QED) is 0.346. The van der Waals surface area contributed by atoms with E-state index in [9.17, 15) is 18.0 Å². The Hall–Kier alpha value is -3.16. The molecule has 1 atom stereocenters. The molecule has 0 saturated carbocycles. The minimum atomic E-state index is -4.74. The van der Waals surface area contributed by atoms with Gasteiger partial charge in [-0.15, -0.1) is 0 Å². The van der Waals surface area contributed by atoms with Crippen molar-refractivity contribution < 1.29 is 22.7 Å². The highest BCUT2D eigenvalue weighted by molar-refractivity contribution is 7.80. The van der Waals surface area contributed by atoms with Crippen molar-refractivity contribution in [1.82, 2.24) is 9.80 Å². The van der Waals surface area contributed by atoms with E-state index >= 15 is 0 Å². The van der Waals surface area contributed by atoms with E-state index in [4.69, 9.17) is 22.2 Å². The molecule has 10 heteroatoms. The molecule has 0 radical (unpaired) electrons. The van der Waals surface area contributed by atoms with Crippen molar-refractivity contribution in [2.45, 2.75) is 44.9 Å². The van der Waals surface area contributed by atoms with E-state index < -0.39 is 28.7 Å². The molecule has 3 rings (SSSR count). The molecule has 1 saturated heterocycles. The topological polar surface area (TPSA) is 59.8 Å². The summed E-state index contributed by atoms with van der Waals surface area (Å²) in [5.74, 6) is 0.291. The molecule has 1 heterocycles. The second-order valence-electron chi connectivity index (χ2n) is 9.38. The molecule has 1 aliphatic rings. The zero-order valence-electron chi connectivity index (χ0n) is 20.9. The average Bonchev–Trinajstić information content (AvgIpc) is 2.99. The van der Waals surface area contributed by atoms with Crippen LogP contribution >= 0.6 is 12.2 Å². The van der Waals surface area contributed by atoms with E-state index in [0.29, 0.717) is 19.6 Å². The van der Waals surface area contributed by atoms with Gasteiger partial charge in [-0.05, 0) is 89.4 Å². The summed E-state index contributed by atoms with van der Waals surface area (Å²) in [6.07, 6.45) is -4.19. The van der Waals surface area contributed by atoms with Gasteiger partial charge < -0.3 is 14.5 Å². The third-order valence-corrected chi connectivity index (χ3v) is 6.85. The van der Waals surface area contributed by atoms with Gasteiger partial charge in [0.05, 0.1) is 29.5 Å². The van der Waals surface area contributed by atoms with Crippen LogP contribution in [0.1, 0.15) is 49.9 Å². The Kier molecular flexibility index (Phi) is 7.96. The number of benzene rings is 2. The summed E-state index contributed by atoms with van der Waals surface area (Å²) in [5.41, 5.74) is -1.51. The molecular formula is C26H29F3N4O2S. The first-order chi connectivity index (χ1) is 16.8. The van der Waals surface area contributed by atoms with Crippen molar-refractivity contribution in [3.63, 3.8) is 0 Å². The van der Waals surface area contributed by atoms with Crippen LogP contribution < -0.4 is 9.64 Å². The maximum absolute atomic E-state index is 13.5. The molecule has 0 aromatic heterocycles. The van der Waals surface area contributed by atoms with Crippen LogP contribution in [0.4, 0.5) is 18.9 Å². The number of rotatable bonds is 8. The van der Waals surface area contributed by atoms with Crippen molar-refractivity contribution >= 4 is 28.9 Å². The molecular weight excluding hydrogens is 489 g/mol. The lowest BCUT2D eigenvalue weighted by molar-refractivity contribution is -0.137. The fourth-order valence-electron chi connectivity index (χ4n) is 4.00. The van der Waals surface area contributed by atoms with Crippen LogP contribution in [0.25, 0.3) is 0 Å². The molecule has 0 N–H and O–H groups in total. The van der Waals surface area contributed by atoms with Crippen LogP contribution in [0.15, 0.2) is 42.5 Å². The van der Waals surface area contributed by atoms with Crippen molar-refractivity contribution in [3.05, 3.63) is 59.2 Å². The Morgan fingerprint density at radius 3 is 2.36 bits per heavy atom. The minimum Gasteiger partial charge on any atom is -0.494 e. The fourth-order valence-corrected chi connectivity index (χ4v) is 4.50. The van der Waals surface area contributed by atoms with Crippen LogP contribution in [-0.2, 0) is 11.0 Å². The van der Waals surface area contributed by atoms with Crippen LogP contribution in [0.2, 0.25) is 0 Å². The highest BCUT2D eigenvalue weighted by Crippen LogP contribution is 2.38. The van der Waals surface area contributed by atoms with Gasteiger partial charge in [-0.2, -0.15) is 18.4 Å². The number of thiocarbonyl (C=S) groups is 1. The second-order valence-corrected chi connectivity index (χ2v) is 9.75. The zero-order chi connectivity index (χ0) is 26.8. The minimum absolute atomic E-state index is 0.0183. The second kappa shape index (κ2) is 10.4. The lowest BCUT2D eigenvalue weighted by atomic mass is 10.0. The Morgan fingerprint density at radius 2 is 1.81 bits per heavy atom. The lowest BCUT2D eigenvalue weighted by Crippen LogP contribution is -2.44. The number of halogens is 3. The number of ether oxygens (including phenoxy) is 1. The van der Waals surface area contributed by atoms with Crippen molar-refractivity contribution in [2.75, 3.05) is 32.1 Å². The summed E-state index contributed by atoms with van der Waals surface area (Å²) in [6, 6.07) is 12.8. The summed E-state index contributed by atoms with van der Waals surface area (Å²) < 4.78 is 46.2. The number of carbonyl (C=O) groups excluding carboxylic acids is 1. The summed E-state index contributed by atoms with van der Waals surface area (Å²) in [5, 5.41) is 9.17. The molecule has 2 aromatic carbocycles. The summed E-state index contributed by atoms with van der Waals surface area (Å²) in [6.45, 7) is 6.24. The predicted octanol–water partition coefficient (Wildman–Crippen LogP) is 5.38. The van der Waals surface area contributed by atoms with E-state index in [0.717, 1.165) is 22.8 Å². The largest absolute Gasteiger partial charge is 0.494 e. The van der Waals surface area contributed by atoms with E-state index in [1.54, 1.807) is 24.8 Å². The molecule has 1 unspecified atom stereocenters. The third-order valence-electron chi connectivity index (χ3n) is 6.44. The third kappa shape index (κ3) is 5.47. The number of hydrogen-bond acceptors (Lipinski definition) is 5. The van der Waals surface area contributed by atoms with Gasteiger partial charge in [0.25, 0.3) is 5.91 Å². The predicted molar refractivity (Wildman–Crippen MR) is 136 cm³/mol. The summed E-state index contributed by atoms with van der Waals surface area (Å²) >= 11 is 5.51. The maximum Gasteiger partial charge on any atom is 0.417 e. The van der Waals surface area contributed by atoms with Gasteiger partial charge in [-0.1, -0.05) is 12.1 Å². The van der Waals surface area contributed by atoms with E-state index in [-0.39, 0.29) is 16.8 Å². The summed E-state index contributed by atoms with van der Waals surface area (Å²) in [7, 11) is 4.03. The summed E-state index contributed by atoms with van der Waals surface area (Å²) in [4.78, 5) is 18.1. The van der Waals surface area contributed by atoms with Crippen LogP contribution in [-0.4, -0.2) is 53.6 Å². The van der Waals surface area contributed by atoms with Gasteiger partial charge in [0.2, 0.25) is 0 Å². The number of carbonyl (C=O) groups is 1. The fraction of sp³-hybridized carbons (Fsp3) is 0.423. The van der Waals surface area contributed by atoms with Gasteiger partial charge in [0, 0.05) is 12.6 Å². The molecule has 0 aliphatic carbocycles. The van der Waals surface area contributed by atoms with E-state index in [1.165, 1.54) is 11.6 Å². The van der Waals surface area contributed by atoms with Crippen molar-refractivity contribution in [3.8, 4) is 11.8 Å². The zero-order valence-corrected chi connectivity index (χ0v) is 21.7. The van der Waals surface area contributed by atoms with Gasteiger partial charge >= 0.3 is 6.18 Å². The SMILES string of the molecule is CC(c1ccc(OCCCN2C(=S)N(c3ccc(C#N)c(C(F)(F)F)c3)C(=O)C2(C)C)cc1)N(C)C. The molecule has 2 aromatic rings. The molecule has 1 amide bonds. The Bertz CT molecular complexity index is 1170. The molecule has 192 valence electrons. The Morgan fingerprint density at radius 1 is 1.17 bits per heavy atom. The van der Waals surface area contributed by atoms with Gasteiger partial charge in [-0.3, -0.25) is 9.69 Å². The number of nitrogens with zero attached hydrogens (tertiary/aromatic N) is 4. The van der Waals surface area contributed by atoms with Crippen LogP contribution in [0.5, 0.6) is 5.75 Å². The molecule has 0 spiro atoms. The Balaban J connectivity index is 1.68. The van der Waals surface area contributed by atoms with Gasteiger partial charge in [0.15, 0.2) is 5.11 Å². The number of anilines is 1. The van der Waals surface area contributed by atoms with Crippen molar-refractivity contribution in [2.24, 2.45) is 0 Å². The normalized spacial score (nSPS) is 16.4. The lowest BCUT2D eigenvalue weighted by Gasteiger charge is -2.29. The van der Waals surface area contributed by atoms with Gasteiger partial charge in [-0.25, -0.2) is 0 Å². The van der Waals surface area contributed by atoms with Crippen LogP contribution in [0.3, 0.4) is 0 Å². The standard InChI is InChI=1S/C26H29F3N4O2S/c1-17(31(4)5)18-8-11-21(12-9-18)35-14-6-13-32-24(36)33(23(34)25(32,2)3)20-10-7-19(16-30)22(15-20)26(27,28)29/h7-12,15,17H,6,13-14H2,1-5H3. The first-order valence-corrected chi connectivity index (χ1v) is 11.9. The number of nitriles is 1. The first-order valence-electron chi connectivity index (χ1n) is 11.5. The van der Waals surface area contributed by atoms with Gasteiger partial charge in [0.1, 0.15) is 11.3 Å². The first kappa shape index (κ1) is 27.4. The molecule has 0 bridgehead atoms. The highest BCUT2D eigenvalue weighted by atomic mass is 32.1. The Labute approximate surface area is 214 Å². The molecule has 1 fully saturated rings. The molecule has 6 nitrogen and oxygen atoms in total. The van der Waals surface area contributed by atoms with Crippen molar-refractivity contribution in [1.29, 1.82) is 5.26 Å². The number of hydrogen-bond donors (Lipinski definition) is 0.